The first-order valence-electron chi connectivity index (χ1n) is 6.53. The van der Waals surface area contributed by atoms with Gasteiger partial charge in [0, 0.05) is 3.57 Å². The van der Waals surface area contributed by atoms with Gasteiger partial charge in [0.1, 0.15) is 0 Å². The molecule has 0 spiro atoms. The van der Waals surface area contributed by atoms with Crippen molar-refractivity contribution in [3.8, 4) is 0 Å². The number of nitrogens with zero attached hydrogens (tertiary/aromatic N) is 1. The Morgan fingerprint density at radius 2 is 1.71 bits per heavy atom. The van der Waals surface area contributed by atoms with Crippen molar-refractivity contribution in [3.05, 3.63) is 58.2 Å². The van der Waals surface area contributed by atoms with Crippen molar-refractivity contribution >= 4 is 38.3 Å². The number of para-hydroxylation sites is 1. The van der Waals surface area contributed by atoms with Crippen LogP contribution in [0.4, 0.5) is 5.69 Å². The number of epoxide rings is 1. The van der Waals surface area contributed by atoms with Crippen molar-refractivity contribution in [3.63, 3.8) is 0 Å². The third-order valence-corrected chi connectivity index (χ3v) is 5.93. The van der Waals surface area contributed by atoms with Gasteiger partial charge in [0.25, 0.3) is 10.0 Å². The van der Waals surface area contributed by atoms with E-state index >= 15 is 0 Å². The van der Waals surface area contributed by atoms with Crippen LogP contribution in [0.5, 0.6) is 0 Å². The molecule has 0 radical (unpaired) electrons. The highest BCUT2D eigenvalue weighted by Gasteiger charge is 2.33. The standard InChI is InChI=1S/C15H14INO3S/c16-14-8-4-5-9-15(14)17(10-12-11-20-12)21(18,19)13-6-2-1-3-7-13/h1-9,12H,10-11H2. The van der Waals surface area contributed by atoms with E-state index in [1.165, 1.54) is 4.31 Å². The lowest BCUT2D eigenvalue weighted by atomic mass is 10.3. The van der Waals surface area contributed by atoms with Crippen molar-refractivity contribution < 1.29 is 13.2 Å². The first-order chi connectivity index (χ1) is 10.1. The van der Waals surface area contributed by atoms with Crippen LogP contribution < -0.4 is 4.31 Å². The quantitative estimate of drug-likeness (QED) is 0.558. The van der Waals surface area contributed by atoms with Gasteiger partial charge >= 0.3 is 0 Å². The molecule has 1 aliphatic rings. The lowest BCUT2D eigenvalue weighted by Gasteiger charge is -2.24. The Hall–Kier alpha value is -1.12. The zero-order valence-corrected chi connectivity index (χ0v) is 14.1. The second-order valence-corrected chi connectivity index (χ2v) is 7.78. The van der Waals surface area contributed by atoms with Crippen molar-refractivity contribution in [2.45, 2.75) is 11.0 Å². The second-order valence-electron chi connectivity index (χ2n) is 4.76. The minimum absolute atomic E-state index is 0.0144. The van der Waals surface area contributed by atoms with Gasteiger partial charge in [-0.25, -0.2) is 8.42 Å². The number of anilines is 1. The van der Waals surface area contributed by atoms with Crippen LogP contribution in [-0.2, 0) is 14.8 Å². The zero-order chi connectivity index (χ0) is 14.9. The summed E-state index contributed by atoms with van der Waals surface area (Å²) in [4.78, 5) is 0.297. The molecule has 1 heterocycles. The van der Waals surface area contributed by atoms with Gasteiger partial charge in [-0.3, -0.25) is 4.31 Å². The van der Waals surface area contributed by atoms with Crippen molar-refractivity contribution in [2.75, 3.05) is 17.5 Å². The van der Waals surface area contributed by atoms with Crippen molar-refractivity contribution in [1.82, 2.24) is 0 Å². The van der Waals surface area contributed by atoms with Gasteiger partial charge in [-0.15, -0.1) is 0 Å². The molecule has 0 aliphatic carbocycles. The van der Waals surface area contributed by atoms with Crippen LogP contribution in [0.2, 0.25) is 0 Å². The molecule has 21 heavy (non-hydrogen) atoms. The first kappa shape index (κ1) is 14.8. The largest absolute Gasteiger partial charge is 0.371 e. The SMILES string of the molecule is O=S(=O)(c1ccccc1)N(CC1CO1)c1ccccc1I. The fraction of sp³-hybridized carbons (Fsp3) is 0.200. The van der Waals surface area contributed by atoms with E-state index in [1.54, 1.807) is 30.3 Å². The number of ether oxygens (including phenoxy) is 1. The Morgan fingerprint density at radius 3 is 2.33 bits per heavy atom. The average Bonchev–Trinajstić information content (AvgIpc) is 3.31. The molecule has 110 valence electrons. The molecule has 6 heteroatoms. The zero-order valence-electron chi connectivity index (χ0n) is 11.1. The molecule has 2 aromatic carbocycles. The van der Waals surface area contributed by atoms with Crippen LogP contribution in [0.25, 0.3) is 0 Å². The molecule has 2 aromatic rings. The Kier molecular flexibility index (Phi) is 4.19. The summed E-state index contributed by atoms with van der Waals surface area (Å²) in [6.07, 6.45) is -0.0144. The molecule has 0 N–H and O–H groups in total. The van der Waals surface area contributed by atoms with Gasteiger partial charge in [0.15, 0.2) is 0 Å². The van der Waals surface area contributed by atoms with Gasteiger partial charge in [0.2, 0.25) is 0 Å². The molecule has 1 unspecified atom stereocenters. The molecule has 4 nitrogen and oxygen atoms in total. The molecular formula is C15H14INO3S. The summed E-state index contributed by atoms with van der Waals surface area (Å²) < 4.78 is 33.4. The first-order valence-corrected chi connectivity index (χ1v) is 9.05. The summed E-state index contributed by atoms with van der Waals surface area (Å²) >= 11 is 2.16. The summed E-state index contributed by atoms with van der Waals surface area (Å²) in [6.45, 7) is 0.960. The summed E-state index contributed by atoms with van der Waals surface area (Å²) in [6, 6.07) is 16.0. The molecule has 0 aromatic heterocycles. The van der Waals surface area contributed by atoms with Gasteiger partial charge in [-0.1, -0.05) is 30.3 Å². The van der Waals surface area contributed by atoms with Crippen LogP contribution in [0.3, 0.4) is 0 Å². The summed E-state index contributed by atoms with van der Waals surface area (Å²) in [5.41, 5.74) is 0.692. The molecule has 0 bridgehead atoms. The number of hydrogen-bond acceptors (Lipinski definition) is 3. The van der Waals surface area contributed by atoms with E-state index in [4.69, 9.17) is 4.74 Å². The third-order valence-electron chi connectivity index (χ3n) is 3.22. The predicted octanol–water partition coefficient (Wildman–Crippen LogP) is 2.89. The maximum Gasteiger partial charge on any atom is 0.264 e. The highest BCUT2D eigenvalue weighted by Crippen LogP contribution is 2.29. The van der Waals surface area contributed by atoms with E-state index < -0.39 is 10.0 Å². The third kappa shape index (κ3) is 3.22. The maximum atomic E-state index is 12.9. The molecular weight excluding hydrogens is 401 g/mol. The summed E-state index contributed by atoms with van der Waals surface area (Å²) in [5.74, 6) is 0. The predicted molar refractivity (Wildman–Crippen MR) is 89.9 cm³/mol. The number of hydrogen-bond donors (Lipinski definition) is 0. The molecule has 1 aliphatic heterocycles. The number of sulfonamides is 1. The van der Waals surface area contributed by atoms with E-state index in [1.807, 2.05) is 24.3 Å². The van der Waals surface area contributed by atoms with E-state index in [2.05, 4.69) is 22.6 Å². The minimum atomic E-state index is -3.58. The highest BCUT2D eigenvalue weighted by atomic mass is 127. The van der Waals surface area contributed by atoms with E-state index in [-0.39, 0.29) is 6.10 Å². The second kappa shape index (κ2) is 5.94. The Bertz CT molecular complexity index is 730. The van der Waals surface area contributed by atoms with E-state index in [9.17, 15) is 8.42 Å². The monoisotopic (exact) mass is 415 g/mol. The number of rotatable bonds is 5. The van der Waals surface area contributed by atoms with Crippen LogP contribution in [0.1, 0.15) is 0 Å². The van der Waals surface area contributed by atoms with Gasteiger partial charge < -0.3 is 4.74 Å². The van der Waals surface area contributed by atoms with Crippen LogP contribution in [-0.4, -0.2) is 27.7 Å². The molecule has 0 amide bonds. The van der Waals surface area contributed by atoms with Crippen molar-refractivity contribution in [2.24, 2.45) is 0 Å². The van der Waals surface area contributed by atoms with Crippen LogP contribution in [0.15, 0.2) is 59.5 Å². The van der Waals surface area contributed by atoms with Crippen molar-refractivity contribution in [1.29, 1.82) is 0 Å². The number of benzene rings is 2. The van der Waals surface area contributed by atoms with Crippen LogP contribution in [0, 0.1) is 3.57 Å². The van der Waals surface area contributed by atoms with Gasteiger partial charge in [-0.05, 0) is 46.9 Å². The molecule has 1 fully saturated rings. The Labute approximate surface area is 137 Å². The lowest BCUT2D eigenvalue weighted by molar-refractivity contribution is 0.412. The normalized spacial score (nSPS) is 17.5. The highest BCUT2D eigenvalue weighted by molar-refractivity contribution is 14.1. The lowest BCUT2D eigenvalue weighted by Crippen LogP contribution is -2.35. The Balaban J connectivity index is 2.05. The van der Waals surface area contributed by atoms with Gasteiger partial charge in [-0.2, -0.15) is 0 Å². The summed E-state index contributed by atoms with van der Waals surface area (Å²) in [7, 11) is -3.58. The molecule has 1 atom stereocenters. The maximum absolute atomic E-state index is 12.9. The van der Waals surface area contributed by atoms with E-state index in [0.717, 1.165) is 3.57 Å². The topological polar surface area (TPSA) is 49.9 Å². The van der Waals surface area contributed by atoms with E-state index in [0.29, 0.717) is 23.7 Å². The number of halogens is 1. The fourth-order valence-electron chi connectivity index (χ4n) is 2.06. The average molecular weight is 415 g/mol. The molecule has 0 saturated carbocycles. The fourth-order valence-corrected chi connectivity index (χ4v) is 4.44. The molecule has 1 saturated heterocycles. The summed E-state index contributed by atoms with van der Waals surface area (Å²) in [5, 5.41) is 0. The smallest absolute Gasteiger partial charge is 0.264 e. The minimum Gasteiger partial charge on any atom is -0.371 e. The van der Waals surface area contributed by atoms with Crippen LogP contribution >= 0.6 is 22.6 Å². The molecule has 3 rings (SSSR count). The van der Waals surface area contributed by atoms with Gasteiger partial charge in [0.05, 0.1) is 29.8 Å². The Morgan fingerprint density at radius 1 is 1.10 bits per heavy atom.